The van der Waals surface area contributed by atoms with Gasteiger partial charge in [-0.05, 0) is 47.9 Å². The Morgan fingerprint density at radius 3 is 2.57 bits per heavy atom. The summed E-state index contributed by atoms with van der Waals surface area (Å²) in [7, 11) is 0. The number of hydrogen-bond donors (Lipinski definition) is 2. The van der Waals surface area contributed by atoms with Crippen molar-refractivity contribution in [1.82, 2.24) is 0 Å². The Bertz CT molecular complexity index is 752. The summed E-state index contributed by atoms with van der Waals surface area (Å²) in [6.45, 7) is 1.76. The van der Waals surface area contributed by atoms with Gasteiger partial charge in [0.05, 0.1) is 11.5 Å². The molecule has 2 aromatic carbocycles. The molecule has 0 aliphatic carbocycles. The highest BCUT2D eigenvalue weighted by molar-refractivity contribution is 6.02. The number of aliphatic hydroxyl groups is 1. The molecule has 6 nitrogen and oxygen atoms in total. The molecule has 0 bridgehead atoms. The maximum absolute atomic E-state index is 11.9. The lowest BCUT2D eigenvalue weighted by Gasteiger charge is -2.08. The first-order valence-electron chi connectivity index (χ1n) is 6.93. The van der Waals surface area contributed by atoms with Crippen LogP contribution in [-0.4, -0.2) is 15.9 Å². The average Bonchev–Trinajstić information content (AvgIpc) is 2.55. The van der Waals surface area contributed by atoms with E-state index in [2.05, 4.69) is 5.32 Å². The summed E-state index contributed by atoms with van der Waals surface area (Å²) >= 11 is 0. The second kappa shape index (κ2) is 7.33. The molecule has 0 aliphatic rings. The van der Waals surface area contributed by atoms with Crippen molar-refractivity contribution in [3.05, 3.63) is 75.3 Å². The van der Waals surface area contributed by atoms with Gasteiger partial charge in [0.15, 0.2) is 0 Å². The molecule has 0 radical (unpaired) electrons. The van der Waals surface area contributed by atoms with Crippen LogP contribution >= 0.6 is 0 Å². The second-order valence-corrected chi connectivity index (χ2v) is 4.98. The molecule has 6 heteroatoms. The van der Waals surface area contributed by atoms with Gasteiger partial charge in [0.25, 0.3) is 5.69 Å². The third kappa shape index (κ3) is 4.49. The third-order valence-corrected chi connectivity index (χ3v) is 3.27. The van der Waals surface area contributed by atoms with Crippen molar-refractivity contribution >= 4 is 23.4 Å². The minimum Gasteiger partial charge on any atom is -0.392 e. The fraction of sp³-hybridized carbons (Fsp3) is 0.118. The van der Waals surface area contributed by atoms with Gasteiger partial charge in [0, 0.05) is 23.9 Å². The Hall–Kier alpha value is -2.99. The molecule has 2 aromatic rings. The zero-order valence-electron chi connectivity index (χ0n) is 12.5. The Labute approximate surface area is 133 Å². The largest absolute Gasteiger partial charge is 0.392 e. The molecular formula is C17H16N2O4. The summed E-state index contributed by atoms with van der Waals surface area (Å²) in [5.74, 6) is -0.318. The maximum atomic E-state index is 11.9. The van der Waals surface area contributed by atoms with E-state index in [4.69, 9.17) is 5.11 Å². The van der Waals surface area contributed by atoms with E-state index in [9.17, 15) is 14.9 Å². The lowest BCUT2D eigenvalue weighted by molar-refractivity contribution is -0.384. The van der Waals surface area contributed by atoms with E-state index < -0.39 is 4.92 Å². The molecule has 2 N–H and O–H groups in total. The standard InChI is InChI=1S/C17H16N2O4/c1-12-2-3-14(11-20)10-16(12)18-17(21)9-6-13-4-7-15(8-5-13)19(22)23/h2-10,20H,11H2,1H3,(H,18,21)/b9-6+. The summed E-state index contributed by atoms with van der Waals surface area (Å²) < 4.78 is 0. The molecule has 0 saturated heterocycles. The minimum atomic E-state index is -0.475. The first kappa shape index (κ1) is 16.4. The predicted octanol–water partition coefficient (Wildman–Crippen LogP) is 3.05. The van der Waals surface area contributed by atoms with Crippen LogP contribution in [0.3, 0.4) is 0 Å². The molecule has 1 amide bonds. The molecular weight excluding hydrogens is 296 g/mol. The number of nitrogens with one attached hydrogen (secondary N) is 1. The van der Waals surface area contributed by atoms with Crippen molar-refractivity contribution < 1.29 is 14.8 Å². The molecule has 0 unspecified atom stereocenters. The normalized spacial score (nSPS) is 10.7. The van der Waals surface area contributed by atoms with Crippen molar-refractivity contribution in [1.29, 1.82) is 0 Å². The zero-order chi connectivity index (χ0) is 16.8. The van der Waals surface area contributed by atoms with Crippen LogP contribution < -0.4 is 5.32 Å². The van der Waals surface area contributed by atoms with Gasteiger partial charge in [0.2, 0.25) is 5.91 Å². The van der Waals surface area contributed by atoms with Crippen molar-refractivity contribution in [2.75, 3.05) is 5.32 Å². The van der Waals surface area contributed by atoms with Crippen molar-refractivity contribution in [2.45, 2.75) is 13.5 Å². The van der Waals surface area contributed by atoms with Crippen LogP contribution in [0.4, 0.5) is 11.4 Å². The predicted molar refractivity (Wildman–Crippen MR) is 87.9 cm³/mol. The molecule has 0 saturated carbocycles. The van der Waals surface area contributed by atoms with Crippen LogP contribution in [-0.2, 0) is 11.4 Å². The molecule has 0 heterocycles. The van der Waals surface area contributed by atoms with Crippen LogP contribution in [0.15, 0.2) is 48.5 Å². The summed E-state index contributed by atoms with van der Waals surface area (Å²) in [5, 5.41) is 22.4. The fourth-order valence-electron chi connectivity index (χ4n) is 1.96. The smallest absolute Gasteiger partial charge is 0.269 e. The van der Waals surface area contributed by atoms with Crippen molar-refractivity contribution in [2.24, 2.45) is 0 Å². The van der Waals surface area contributed by atoms with Gasteiger partial charge < -0.3 is 10.4 Å². The van der Waals surface area contributed by atoms with E-state index in [1.165, 1.54) is 18.2 Å². The molecule has 2 rings (SSSR count). The van der Waals surface area contributed by atoms with E-state index in [0.29, 0.717) is 16.8 Å². The third-order valence-electron chi connectivity index (χ3n) is 3.27. The summed E-state index contributed by atoms with van der Waals surface area (Å²) in [6.07, 6.45) is 2.93. The van der Waals surface area contributed by atoms with Gasteiger partial charge in [-0.2, -0.15) is 0 Å². The number of aliphatic hydroxyl groups excluding tert-OH is 1. The van der Waals surface area contributed by atoms with E-state index in [1.54, 1.807) is 30.3 Å². The first-order valence-corrected chi connectivity index (χ1v) is 6.93. The quantitative estimate of drug-likeness (QED) is 0.504. The maximum Gasteiger partial charge on any atom is 0.269 e. The minimum absolute atomic E-state index is 0.00282. The Balaban J connectivity index is 2.05. The number of anilines is 1. The molecule has 0 atom stereocenters. The molecule has 0 aromatic heterocycles. The molecule has 0 spiro atoms. The van der Waals surface area contributed by atoms with Gasteiger partial charge in [-0.15, -0.1) is 0 Å². The van der Waals surface area contributed by atoms with Crippen LogP contribution in [0.5, 0.6) is 0 Å². The van der Waals surface area contributed by atoms with Gasteiger partial charge in [-0.3, -0.25) is 14.9 Å². The van der Waals surface area contributed by atoms with Crippen LogP contribution in [0, 0.1) is 17.0 Å². The van der Waals surface area contributed by atoms with E-state index in [-0.39, 0.29) is 18.2 Å². The highest BCUT2D eigenvalue weighted by Crippen LogP contribution is 2.17. The number of rotatable bonds is 5. The highest BCUT2D eigenvalue weighted by atomic mass is 16.6. The van der Waals surface area contributed by atoms with E-state index in [0.717, 1.165) is 5.56 Å². The number of nitro benzene ring substituents is 1. The van der Waals surface area contributed by atoms with E-state index in [1.807, 2.05) is 13.0 Å². The number of amides is 1. The molecule has 0 aliphatic heterocycles. The monoisotopic (exact) mass is 312 g/mol. The number of nitrogens with zero attached hydrogens (tertiary/aromatic N) is 1. The lowest BCUT2D eigenvalue weighted by atomic mass is 10.1. The number of benzene rings is 2. The summed E-state index contributed by atoms with van der Waals surface area (Å²) in [6, 6.07) is 11.2. The van der Waals surface area contributed by atoms with Crippen molar-refractivity contribution in [3.63, 3.8) is 0 Å². The topological polar surface area (TPSA) is 92.5 Å². The van der Waals surface area contributed by atoms with Crippen molar-refractivity contribution in [3.8, 4) is 0 Å². The Morgan fingerprint density at radius 1 is 1.26 bits per heavy atom. The zero-order valence-corrected chi connectivity index (χ0v) is 12.5. The van der Waals surface area contributed by atoms with E-state index >= 15 is 0 Å². The van der Waals surface area contributed by atoms with Crippen LogP contribution in [0.2, 0.25) is 0 Å². The van der Waals surface area contributed by atoms with Crippen LogP contribution in [0.1, 0.15) is 16.7 Å². The molecule has 0 fully saturated rings. The molecule has 118 valence electrons. The summed E-state index contributed by atoms with van der Waals surface area (Å²) in [4.78, 5) is 22.0. The SMILES string of the molecule is Cc1ccc(CO)cc1NC(=O)/C=C/c1ccc([N+](=O)[O-])cc1. The molecule has 23 heavy (non-hydrogen) atoms. The Kier molecular flexibility index (Phi) is 5.22. The fourth-order valence-corrected chi connectivity index (χ4v) is 1.96. The average molecular weight is 312 g/mol. The number of carbonyl (C=O) groups excluding carboxylic acids is 1. The number of carbonyl (C=O) groups is 1. The van der Waals surface area contributed by atoms with Crippen LogP contribution in [0.25, 0.3) is 6.08 Å². The van der Waals surface area contributed by atoms with Gasteiger partial charge in [-0.1, -0.05) is 12.1 Å². The van der Waals surface area contributed by atoms with Gasteiger partial charge in [0.1, 0.15) is 0 Å². The number of hydrogen-bond acceptors (Lipinski definition) is 4. The first-order chi connectivity index (χ1) is 11.0. The number of non-ortho nitro benzene ring substituents is 1. The Morgan fingerprint density at radius 2 is 1.96 bits per heavy atom. The number of nitro groups is 1. The highest BCUT2D eigenvalue weighted by Gasteiger charge is 2.04. The summed E-state index contributed by atoms with van der Waals surface area (Å²) in [5.41, 5.74) is 2.93. The second-order valence-electron chi connectivity index (χ2n) is 4.98. The van der Waals surface area contributed by atoms with Gasteiger partial charge >= 0.3 is 0 Å². The lowest BCUT2D eigenvalue weighted by Crippen LogP contribution is -2.09. The number of aryl methyl sites for hydroxylation is 1. The van der Waals surface area contributed by atoms with Gasteiger partial charge in [-0.25, -0.2) is 0 Å².